The highest BCUT2D eigenvalue weighted by Gasteiger charge is 2.19. The van der Waals surface area contributed by atoms with E-state index in [-0.39, 0.29) is 11.3 Å². The molecular weight excluding hydrogens is 689 g/mol. The van der Waals surface area contributed by atoms with E-state index < -0.39 is 30.0 Å². The molecule has 254 valence electrons. The third kappa shape index (κ3) is 10.7. The molecular formula is C34H26N4O10S2. The molecule has 50 heavy (non-hydrogen) atoms. The van der Waals surface area contributed by atoms with Crippen LogP contribution in [0.25, 0.3) is 0 Å². The number of benzene rings is 5. The Hall–Kier alpha value is -6.20. The standard InChI is InChI=1S/C34H26N4O10S2/c39-49(40,41)33-16-15-28(34(20-33)50(42,43)44)24-38-48-32-14-6-9-27(19-32)23-37-47-31-13-5-8-26(18-31)22-36-46-30-12-4-7-25(17-30)21-35-45-29-10-2-1-3-11-29/h1-24H,(H,39,40,41)(H,42,43,44)/b35-21+,36-22+,37-23+,38-24+. The molecule has 0 saturated heterocycles. The maximum atomic E-state index is 11.7. The van der Waals surface area contributed by atoms with Gasteiger partial charge in [-0.05, 0) is 77.4 Å². The van der Waals surface area contributed by atoms with Crippen molar-refractivity contribution in [1.29, 1.82) is 0 Å². The predicted molar refractivity (Wildman–Crippen MR) is 185 cm³/mol. The molecule has 0 aliphatic carbocycles. The van der Waals surface area contributed by atoms with Crippen LogP contribution in [0, 0.1) is 0 Å². The quantitative estimate of drug-likeness (QED) is 0.0802. The zero-order valence-electron chi connectivity index (χ0n) is 25.6. The maximum Gasteiger partial charge on any atom is 0.295 e. The van der Waals surface area contributed by atoms with Gasteiger partial charge in [0.2, 0.25) is 0 Å². The van der Waals surface area contributed by atoms with Crippen LogP contribution < -0.4 is 19.4 Å². The van der Waals surface area contributed by atoms with Crippen molar-refractivity contribution in [1.82, 2.24) is 0 Å². The van der Waals surface area contributed by atoms with Gasteiger partial charge in [-0.3, -0.25) is 9.11 Å². The van der Waals surface area contributed by atoms with E-state index >= 15 is 0 Å². The average Bonchev–Trinajstić information content (AvgIpc) is 3.09. The highest BCUT2D eigenvalue weighted by Crippen LogP contribution is 2.21. The summed E-state index contributed by atoms with van der Waals surface area (Å²) in [7, 11) is -9.57. The van der Waals surface area contributed by atoms with E-state index in [1.165, 1.54) is 12.4 Å². The first kappa shape index (κ1) is 35.1. The van der Waals surface area contributed by atoms with Gasteiger partial charge >= 0.3 is 0 Å². The monoisotopic (exact) mass is 714 g/mol. The highest BCUT2D eigenvalue weighted by molar-refractivity contribution is 7.86. The number of nitrogens with zero attached hydrogens (tertiary/aromatic N) is 4. The van der Waals surface area contributed by atoms with Crippen LogP contribution in [0.4, 0.5) is 0 Å². The predicted octanol–water partition coefficient (Wildman–Crippen LogP) is 5.83. The summed E-state index contributed by atoms with van der Waals surface area (Å²) in [5.41, 5.74) is 1.82. The van der Waals surface area contributed by atoms with Crippen LogP contribution >= 0.6 is 0 Å². The molecule has 5 aromatic carbocycles. The van der Waals surface area contributed by atoms with Gasteiger partial charge in [0.1, 0.15) is 4.90 Å². The van der Waals surface area contributed by atoms with Crippen LogP contribution in [0.2, 0.25) is 0 Å². The van der Waals surface area contributed by atoms with Crippen LogP contribution in [-0.2, 0) is 20.2 Å². The SMILES string of the molecule is O=S(=O)(O)c1ccc(/C=N/Oc2cccc(/C=N/Oc3cccc(/C=N/Oc4cccc(/C=N/Oc5ccccc5)c4)c3)c2)c(S(=O)(=O)O)c1. The van der Waals surface area contributed by atoms with Crippen LogP contribution in [0.15, 0.2) is 152 Å². The van der Waals surface area contributed by atoms with Crippen molar-refractivity contribution in [2.45, 2.75) is 9.79 Å². The lowest BCUT2D eigenvalue weighted by Crippen LogP contribution is -2.07. The van der Waals surface area contributed by atoms with E-state index in [0.29, 0.717) is 34.4 Å². The van der Waals surface area contributed by atoms with Gasteiger partial charge in [0.05, 0.1) is 29.8 Å². The first-order valence-corrected chi connectivity index (χ1v) is 17.2. The fourth-order valence-corrected chi connectivity index (χ4v) is 5.31. The second-order valence-corrected chi connectivity index (χ2v) is 12.8. The van der Waals surface area contributed by atoms with Crippen LogP contribution in [0.3, 0.4) is 0 Å². The van der Waals surface area contributed by atoms with Crippen molar-refractivity contribution in [3.63, 3.8) is 0 Å². The lowest BCUT2D eigenvalue weighted by atomic mass is 10.2. The minimum absolute atomic E-state index is 0.185. The number of hydrogen-bond donors (Lipinski definition) is 2. The van der Waals surface area contributed by atoms with E-state index in [4.69, 9.17) is 19.4 Å². The molecule has 0 aliphatic heterocycles. The molecule has 0 aliphatic rings. The molecule has 0 unspecified atom stereocenters. The van der Waals surface area contributed by atoms with E-state index in [0.717, 1.165) is 23.9 Å². The molecule has 2 N–H and O–H groups in total. The lowest BCUT2D eigenvalue weighted by molar-refractivity contribution is 0.341. The summed E-state index contributed by atoms with van der Waals surface area (Å²) in [6.45, 7) is 0. The summed E-state index contributed by atoms with van der Waals surface area (Å²) >= 11 is 0. The number of oxime groups is 4. The van der Waals surface area contributed by atoms with E-state index in [9.17, 15) is 25.9 Å². The Kier molecular flexibility index (Phi) is 11.4. The first-order valence-electron chi connectivity index (χ1n) is 14.3. The Balaban J connectivity index is 1.15. The molecule has 0 fully saturated rings. The molecule has 0 spiro atoms. The molecule has 0 bridgehead atoms. The first-order chi connectivity index (χ1) is 24.0. The smallest absolute Gasteiger partial charge is 0.295 e. The van der Waals surface area contributed by atoms with Crippen molar-refractivity contribution in [3.05, 3.63) is 144 Å². The molecule has 14 nitrogen and oxygen atoms in total. The van der Waals surface area contributed by atoms with Gasteiger partial charge in [-0.2, -0.15) is 16.8 Å². The van der Waals surface area contributed by atoms with Gasteiger partial charge in [-0.1, -0.05) is 81.3 Å². The Bertz CT molecular complexity index is 2290. The number of para-hydroxylation sites is 1. The Morgan fingerprint density at radius 3 is 1.30 bits per heavy atom. The third-order valence-electron chi connectivity index (χ3n) is 6.31. The van der Waals surface area contributed by atoms with Gasteiger partial charge in [-0.25, -0.2) is 0 Å². The summed E-state index contributed by atoms with van der Waals surface area (Å²) < 4.78 is 64.8. The van der Waals surface area contributed by atoms with Crippen molar-refractivity contribution < 1.29 is 45.3 Å². The van der Waals surface area contributed by atoms with Gasteiger partial charge in [0, 0.05) is 5.56 Å². The van der Waals surface area contributed by atoms with E-state index in [2.05, 4.69) is 20.6 Å². The van der Waals surface area contributed by atoms with Gasteiger partial charge in [0.15, 0.2) is 23.0 Å². The normalized spacial score (nSPS) is 12.2. The summed E-state index contributed by atoms with van der Waals surface area (Å²) in [6.07, 6.45) is 5.45. The summed E-state index contributed by atoms with van der Waals surface area (Å²) in [4.78, 5) is 20.1. The van der Waals surface area contributed by atoms with Gasteiger partial charge in [-0.15, -0.1) is 0 Å². The van der Waals surface area contributed by atoms with Gasteiger partial charge < -0.3 is 19.4 Å². The maximum absolute atomic E-state index is 11.7. The largest absolute Gasteiger partial charge is 0.357 e. The molecule has 5 aromatic rings. The second kappa shape index (κ2) is 16.3. The molecule has 5 rings (SSSR count). The van der Waals surface area contributed by atoms with Crippen LogP contribution in [-0.4, -0.2) is 50.8 Å². The fraction of sp³-hybridized carbons (Fsp3) is 0. The van der Waals surface area contributed by atoms with Gasteiger partial charge in [0.25, 0.3) is 20.2 Å². The van der Waals surface area contributed by atoms with E-state index in [1.54, 1.807) is 85.1 Å². The highest BCUT2D eigenvalue weighted by atomic mass is 32.2. The molecule has 16 heteroatoms. The van der Waals surface area contributed by atoms with Crippen LogP contribution in [0.1, 0.15) is 22.3 Å². The molecule has 0 aromatic heterocycles. The number of rotatable bonds is 14. The second-order valence-electron chi connectivity index (χ2n) is 9.98. The van der Waals surface area contributed by atoms with Crippen LogP contribution in [0.5, 0.6) is 23.0 Å². The van der Waals surface area contributed by atoms with Crippen molar-refractivity contribution in [2.75, 3.05) is 0 Å². The van der Waals surface area contributed by atoms with Crippen molar-refractivity contribution >= 4 is 45.1 Å². The molecule has 0 radical (unpaired) electrons. The summed E-state index contributed by atoms with van der Waals surface area (Å²) in [5, 5.41) is 15.7. The Labute approximate surface area is 286 Å². The minimum atomic E-state index is -4.86. The average molecular weight is 715 g/mol. The minimum Gasteiger partial charge on any atom is -0.357 e. The Morgan fingerprint density at radius 2 is 0.860 bits per heavy atom. The van der Waals surface area contributed by atoms with E-state index in [1.807, 2.05) is 24.3 Å². The molecule has 0 saturated carbocycles. The zero-order valence-corrected chi connectivity index (χ0v) is 27.3. The molecule has 0 atom stereocenters. The lowest BCUT2D eigenvalue weighted by Gasteiger charge is -2.05. The molecule has 0 heterocycles. The summed E-state index contributed by atoms with van der Waals surface area (Å²) in [6, 6.07) is 32.4. The van der Waals surface area contributed by atoms with Crippen molar-refractivity contribution in [3.8, 4) is 23.0 Å². The summed E-state index contributed by atoms with van der Waals surface area (Å²) in [5.74, 6) is 1.78. The zero-order chi connectivity index (χ0) is 35.4. The third-order valence-corrected chi connectivity index (χ3v) is 8.07. The Morgan fingerprint density at radius 1 is 0.440 bits per heavy atom. The topological polar surface area (TPSA) is 195 Å². The fourth-order valence-electron chi connectivity index (χ4n) is 4.03. The number of hydrogen-bond acceptors (Lipinski definition) is 12. The molecule has 0 amide bonds. The van der Waals surface area contributed by atoms with Crippen molar-refractivity contribution in [2.24, 2.45) is 20.6 Å².